The van der Waals surface area contributed by atoms with Crippen molar-refractivity contribution in [3.05, 3.63) is 162 Å². The summed E-state index contributed by atoms with van der Waals surface area (Å²) in [5.74, 6) is -0.620. The van der Waals surface area contributed by atoms with Crippen molar-refractivity contribution in [1.82, 2.24) is 0 Å². The molecule has 0 atom stereocenters. The molecule has 8 rings (SSSR count). The zero-order valence-electron chi connectivity index (χ0n) is 31.9. The van der Waals surface area contributed by atoms with Crippen LogP contribution in [0.2, 0.25) is 0 Å². The summed E-state index contributed by atoms with van der Waals surface area (Å²) in [6.45, 7) is 13.4. The van der Waals surface area contributed by atoms with E-state index in [1.54, 1.807) is 12.1 Å². The Labute approximate surface area is 321 Å². The van der Waals surface area contributed by atoms with Crippen LogP contribution < -0.4 is 15.5 Å². The number of hydrogen-bond acceptors (Lipinski definition) is 4. The Kier molecular flexibility index (Phi) is 8.50. The lowest BCUT2D eigenvalue weighted by Crippen LogP contribution is -2.17. The average Bonchev–Trinajstić information content (AvgIpc) is 3.16. The second kappa shape index (κ2) is 13.1. The molecule has 0 saturated heterocycles. The van der Waals surface area contributed by atoms with Gasteiger partial charge < -0.3 is 15.5 Å². The Hall–Kier alpha value is -6.45. The molecule has 8 aromatic rings. The minimum absolute atomic E-state index is 0.245. The summed E-state index contributed by atoms with van der Waals surface area (Å²) in [4.78, 5) is 4.35. The van der Waals surface area contributed by atoms with Crippen molar-refractivity contribution in [3.8, 4) is 6.07 Å². The molecule has 0 bridgehead atoms. The molecule has 0 aromatic heterocycles. The first-order valence-electron chi connectivity index (χ1n) is 18.5. The van der Waals surface area contributed by atoms with Crippen molar-refractivity contribution in [2.45, 2.75) is 52.4 Å². The number of nitriles is 1. The summed E-state index contributed by atoms with van der Waals surface area (Å²) in [5, 5.41) is 16.3. The van der Waals surface area contributed by atoms with Gasteiger partial charge in [0.05, 0.1) is 23.0 Å². The fourth-order valence-electron chi connectivity index (χ4n) is 7.91. The highest BCUT2D eigenvalue weighted by atomic mass is 19.1. The zero-order valence-corrected chi connectivity index (χ0v) is 31.9. The van der Waals surface area contributed by atoms with Crippen LogP contribution in [-0.2, 0) is 10.8 Å². The van der Waals surface area contributed by atoms with E-state index < -0.39 is 0 Å². The highest BCUT2D eigenvalue weighted by Gasteiger charge is 2.29. The number of anilines is 7. The van der Waals surface area contributed by atoms with Crippen molar-refractivity contribution >= 4 is 72.1 Å². The monoisotopic (exact) mass is 724 g/mol. The van der Waals surface area contributed by atoms with Crippen LogP contribution in [0.5, 0.6) is 0 Å². The first-order valence-corrected chi connectivity index (χ1v) is 18.5. The number of nitrogens with two attached hydrogens (primary N) is 1. The molecular formula is C49H42F2N4. The number of hydrogen-bond donors (Lipinski definition) is 1. The summed E-state index contributed by atoms with van der Waals surface area (Å²) < 4.78 is 28.9. The lowest BCUT2D eigenvalue weighted by atomic mass is 9.77. The summed E-state index contributed by atoms with van der Waals surface area (Å²) in [7, 11) is 0. The maximum absolute atomic E-state index is 14.4. The summed E-state index contributed by atoms with van der Waals surface area (Å²) in [6, 6.07) is 44.2. The van der Waals surface area contributed by atoms with Crippen LogP contribution in [0.15, 0.2) is 133 Å². The second-order valence-corrected chi connectivity index (χ2v) is 16.3. The fraction of sp³-hybridized carbons (Fsp3) is 0.163. The minimum atomic E-state index is -0.316. The van der Waals surface area contributed by atoms with E-state index in [2.05, 4.69) is 93.8 Å². The van der Waals surface area contributed by atoms with Crippen molar-refractivity contribution in [2.24, 2.45) is 0 Å². The third-order valence-electron chi connectivity index (χ3n) is 10.5. The van der Waals surface area contributed by atoms with Crippen LogP contribution in [0, 0.1) is 23.0 Å². The van der Waals surface area contributed by atoms with E-state index in [9.17, 15) is 14.0 Å². The maximum atomic E-state index is 14.4. The molecule has 0 amide bonds. The molecule has 0 aliphatic rings. The van der Waals surface area contributed by atoms with E-state index in [0.29, 0.717) is 11.3 Å². The van der Waals surface area contributed by atoms with Gasteiger partial charge in [0.15, 0.2) is 0 Å². The van der Waals surface area contributed by atoms with Gasteiger partial charge in [0.2, 0.25) is 0 Å². The lowest BCUT2D eigenvalue weighted by molar-refractivity contribution is 0.595. The van der Waals surface area contributed by atoms with Gasteiger partial charge >= 0.3 is 0 Å². The summed E-state index contributed by atoms with van der Waals surface area (Å²) in [5.41, 5.74) is 14.5. The van der Waals surface area contributed by atoms with Crippen LogP contribution in [0.3, 0.4) is 0 Å². The van der Waals surface area contributed by atoms with Crippen LogP contribution in [0.1, 0.15) is 58.2 Å². The molecule has 0 aliphatic heterocycles. The Bertz CT molecular complexity index is 2690. The van der Waals surface area contributed by atoms with Gasteiger partial charge in [-0.3, -0.25) is 0 Å². The molecular weight excluding hydrogens is 683 g/mol. The Morgan fingerprint density at radius 1 is 0.473 bits per heavy atom. The fourth-order valence-corrected chi connectivity index (χ4v) is 7.91. The van der Waals surface area contributed by atoms with Gasteiger partial charge in [-0.1, -0.05) is 65.8 Å². The van der Waals surface area contributed by atoms with Gasteiger partial charge in [-0.25, -0.2) is 8.78 Å². The van der Waals surface area contributed by atoms with E-state index in [-0.39, 0.29) is 22.5 Å². The third kappa shape index (κ3) is 6.26. The van der Waals surface area contributed by atoms with Crippen molar-refractivity contribution in [3.63, 3.8) is 0 Å². The standard InChI is InChI=1S/C49H42F2N4/c1-48(2,3)42-27-44(54(35-17-9-31(50)10-18-35)34-15-7-30(29-52)8-16-34)40-25-23-39-43(49(4,5)6)28-45(41-26-24-38(42)46(40)47(39)41)55(36-19-11-32(51)12-20-36)37-21-13-33(53)14-22-37/h7-28H,53H2,1-6H3. The molecule has 8 aromatic carbocycles. The van der Waals surface area contributed by atoms with Crippen LogP contribution >= 0.6 is 0 Å². The van der Waals surface area contributed by atoms with Crippen molar-refractivity contribution in [1.29, 1.82) is 5.26 Å². The molecule has 0 aliphatic carbocycles. The molecule has 6 heteroatoms. The van der Waals surface area contributed by atoms with Crippen molar-refractivity contribution < 1.29 is 8.78 Å². The number of nitrogens with zero attached hydrogens (tertiary/aromatic N) is 3. The molecule has 0 heterocycles. The molecule has 0 fully saturated rings. The smallest absolute Gasteiger partial charge is 0.123 e. The molecule has 4 nitrogen and oxygen atoms in total. The van der Waals surface area contributed by atoms with Gasteiger partial charge in [-0.15, -0.1) is 0 Å². The molecule has 2 N–H and O–H groups in total. The quantitative estimate of drug-likeness (QED) is 0.137. The third-order valence-corrected chi connectivity index (χ3v) is 10.5. The van der Waals surface area contributed by atoms with E-state index in [4.69, 9.17) is 5.73 Å². The molecule has 0 unspecified atom stereocenters. The number of rotatable bonds is 6. The number of halogens is 2. The largest absolute Gasteiger partial charge is 0.399 e. The summed E-state index contributed by atoms with van der Waals surface area (Å²) >= 11 is 0. The van der Waals surface area contributed by atoms with Gasteiger partial charge in [0.25, 0.3) is 0 Å². The predicted octanol–water partition coefficient (Wildman–Crippen LogP) is 13.9. The van der Waals surface area contributed by atoms with Crippen molar-refractivity contribution in [2.75, 3.05) is 15.5 Å². The highest BCUT2D eigenvalue weighted by molar-refractivity contribution is 6.29. The first-order chi connectivity index (χ1) is 26.2. The van der Waals surface area contributed by atoms with E-state index >= 15 is 0 Å². The SMILES string of the molecule is CC(C)(C)c1cc(N(c2ccc(N)cc2)c2ccc(F)cc2)c2ccc3c(C(C)(C)C)cc(N(c4ccc(F)cc4)c4ccc(C#N)cc4)c4ccc1c2c43. The Morgan fingerprint density at radius 3 is 1.15 bits per heavy atom. The Balaban J connectivity index is 1.54. The van der Waals surface area contributed by atoms with Gasteiger partial charge in [-0.2, -0.15) is 5.26 Å². The van der Waals surface area contributed by atoms with Gasteiger partial charge in [0, 0.05) is 39.2 Å². The number of benzene rings is 8. The highest BCUT2D eigenvalue weighted by Crippen LogP contribution is 2.52. The topological polar surface area (TPSA) is 56.3 Å². The molecule has 0 saturated carbocycles. The van der Waals surface area contributed by atoms with E-state index in [0.717, 1.165) is 66.4 Å². The maximum Gasteiger partial charge on any atom is 0.123 e. The predicted molar refractivity (Wildman–Crippen MR) is 226 cm³/mol. The molecule has 55 heavy (non-hydrogen) atoms. The zero-order chi connectivity index (χ0) is 38.8. The Morgan fingerprint density at radius 2 is 0.800 bits per heavy atom. The first kappa shape index (κ1) is 35.6. The molecule has 272 valence electrons. The molecule has 0 spiro atoms. The number of nitrogen functional groups attached to an aromatic ring is 1. The van der Waals surface area contributed by atoms with Crippen LogP contribution in [0.4, 0.5) is 48.6 Å². The van der Waals surface area contributed by atoms with E-state index in [1.165, 1.54) is 35.4 Å². The average molecular weight is 725 g/mol. The lowest BCUT2D eigenvalue weighted by Gasteiger charge is -2.33. The van der Waals surface area contributed by atoms with Gasteiger partial charge in [0.1, 0.15) is 11.6 Å². The minimum Gasteiger partial charge on any atom is -0.399 e. The summed E-state index contributed by atoms with van der Waals surface area (Å²) in [6.07, 6.45) is 0. The van der Waals surface area contributed by atoms with Crippen LogP contribution in [-0.4, -0.2) is 0 Å². The second-order valence-electron chi connectivity index (χ2n) is 16.3. The van der Waals surface area contributed by atoms with E-state index in [1.807, 2.05) is 60.7 Å². The van der Waals surface area contributed by atoms with Gasteiger partial charge in [-0.05, 0) is 153 Å². The normalized spacial score (nSPS) is 12.1. The van der Waals surface area contributed by atoms with Crippen LogP contribution in [0.25, 0.3) is 32.3 Å². The molecule has 0 radical (unpaired) electrons.